The number of hydrogen-bond acceptors (Lipinski definition) is 6. The Morgan fingerprint density at radius 2 is 2.00 bits per heavy atom. The van der Waals surface area contributed by atoms with Crippen molar-refractivity contribution in [3.63, 3.8) is 0 Å². The van der Waals surface area contributed by atoms with Gasteiger partial charge < -0.3 is 4.74 Å². The minimum atomic E-state index is -3.89. The van der Waals surface area contributed by atoms with Crippen molar-refractivity contribution < 1.29 is 22.7 Å². The van der Waals surface area contributed by atoms with E-state index in [4.69, 9.17) is 0 Å². The zero-order chi connectivity index (χ0) is 18.0. The van der Waals surface area contributed by atoms with E-state index >= 15 is 0 Å². The first-order chi connectivity index (χ1) is 11.9. The van der Waals surface area contributed by atoms with Gasteiger partial charge >= 0.3 is 6.09 Å². The largest absolute Gasteiger partial charge is 0.439 e. The Labute approximate surface area is 144 Å². The quantitative estimate of drug-likeness (QED) is 0.795. The van der Waals surface area contributed by atoms with Gasteiger partial charge in [-0.15, -0.1) is 0 Å². The number of aryl methyl sites for hydroxylation is 1. The topological polar surface area (TPSA) is 111 Å². The highest BCUT2D eigenvalue weighted by atomic mass is 32.2. The van der Waals surface area contributed by atoms with Gasteiger partial charge in [0.25, 0.3) is 5.91 Å². The number of aromatic nitrogens is 2. The molecule has 10 heteroatoms. The van der Waals surface area contributed by atoms with Gasteiger partial charge in [-0.3, -0.25) is 9.48 Å². The molecule has 2 heterocycles. The summed E-state index contributed by atoms with van der Waals surface area (Å²) in [5.74, 6) is -0.508. The van der Waals surface area contributed by atoms with E-state index in [1.54, 1.807) is 37.4 Å². The molecule has 1 aromatic carbocycles. The lowest BCUT2D eigenvalue weighted by molar-refractivity contribution is -0.126. The van der Waals surface area contributed by atoms with Crippen LogP contribution in [0, 0.1) is 0 Å². The van der Waals surface area contributed by atoms with Crippen molar-refractivity contribution in [3.8, 4) is 0 Å². The van der Waals surface area contributed by atoms with Gasteiger partial charge in [0.05, 0.1) is 18.8 Å². The Bertz CT molecular complexity index is 878. The van der Waals surface area contributed by atoms with Gasteiger partial charge in [0.1, 0.15) is 4.90 Å². The fraction of sp³-hybridized carbons (Fsp3) is 0.267. The van der Waals surface area contributed by atoms with Crippen LogP contribution >= 0.6 is 0 Å². The normalized spacial score (nSPS) is 16.1. The van der Waals surface area contributed by atoms with Crippen LogP contribution in [-0.2, 0) is 26.6 Å². The molecule has 2 aromatic rings. The summed E-state index contributed by atoms with van der Waals surface area (Å²) in [6, 6.07) is 7.87. The molecule has 1 aliphatic rings. The molecule has 0 aliphatic carbocycles. The van der Waals surface area contributed by atoms with Crippen LogP contribution < -0.4 is 4.72 Å². The molecule has 1 aromatic heterocycles. The molecule has 1 N–H and O–H groups in total. The molecular formula is C15H16N4O5S. The number of ether oxygens (including phenoxy) is 1. The van der Waals surface area contributed by atoms with Crippen molar-refractivity contribution in [2.45, 2.75) is 10.9 Å². The van der Waals surface area contributed by atoms with E-state index in [1.807, 2.05) is 0 Å². The molecule has 1 saturated heterocycles. The Kier molecular flexibility index (Phi) is 4.55. The second-order valence-electron chi connectivity index (χ2n) is 5.49. The first-order valence-electron chi connectivity index (χ1n) is 7.40. The number of nitrogens with zero attached hydrogens (tertiary/aromatic N) is 3. The summed E-state index contributed by atoms with van der Waals surface area (Å²) in [6.07, 6.45) is 1.80. The van der Waals surface area contributed by atoms with Gasteiger partial charge in [-0.2, -0.15) is 5.10 Å². The number of sulfonamides is 1. The van der Waals surface area contributed by atoms with Crippen LogP contribution in [0.15, 0.2) is 47.6 Å². The molecule has 9 nitrogen and oxygen atoms in total. The van der Waals surface area contributed by atoms with Crippen LogP contribution in [0.5, 0.6) is 0 Å². The van der Waals surface area contributed by atoms with Gasteiger partial charge in [0.2, 0.25) is 10.0 Å². The number of hydrogen-bond donors (Lipinski definition) is 1. The summed E-state index contributed by atoms with van der Waals surface area (Å²) < 4.78 is 33.7. The molecular weight excluding hydrogens is 348 g/mol. The lowest BCUT2D eigenvalue weighted by atomic mass is 10.1. The highest BCUT2D eigenvalue weighted by Gasteiger charge is 2.34. The Hall–Kier alpha value is -2.72. The van der Waals surface area contributed by atoms with Crippen LogP contribution in [0.1, 0.15) is 11.6 Å². The molecule has 0 spiro atoms. The minimum absolute atomic E-state index is 0.00810. The molecule has 2 amide bonds. The molecule has 0 radical (unpaired) electrons. The number of nitrogens with one attached hydrogen (secondary N) is 1. The molecule has 132 valence electrons. The van der Waals surface area contributed by atoms with E-state index in [-0.39, 0.29) is 18.0 Å². The number of carbonyl (C=O) groups is 2. The number of benzene rings is 1. The summed E-state index contributed by atoms with van der Waals surface area (Å²) in [6.45, 7) is -0.503. The van der Waals surface area contributed by atoms with Crippen molar-refractivity contribution in [2.24, 2.45) is 7.05 Å². The molecule has 1 unspecified atom stereocenters. The average molecular weight is 364 g/mol. The number of cyclic esters (lactones) is 1. The number of imide groups is 1. The minimum Gasteiger partial charge on any atom is -0.439 e. The predicted molar refractivity (Wildman–Crippen MR) is 85.8 cm³/mol. The molecule has 0 bridgehead atoms. The monoisotopic (exact) mass is 364 g/mol. The van der Waals surface area contributed by atoms with Crippen LogP contribution in [-0.4, -0.2) is 48.3 Å². The highest BCUT2D eigenvalue weighted by Crippen LogP contribution is 2.20. The van der Waals surface area contributed by atoms with Gasteiger partial charge in [-0.25, -0.2) is 22.8 Å². The van der Waals surface area contributed by atoms with Gasteiger partial charge in [0.15, 0.2) is 6.61 Å². The summed E-state index contributed by atoms with van der Waals surface area (Å²) >= 11 is 0. The zero-order valence-electron chi connectivity index (χ0n) is 13.3. The van der Waals surface area contributed by atoms with Crippen molar-refractivity contribution in [1.29, 1.82) is 0 Å². The van der Waals surface area contributed by atoms with E-state index in [9.17, 15) is 18.0 Å². The third-order valence-corrected chi connectivity index (χ3v) is 5.12. The maximum Gasteiger partial charge on any atom is 0.417 e. The lowest BCUT2D eigenvalue weighted by Gasteiger charge is -2.22. The van der Waals surface area contributed by atoms with E-state index in [2.05, 4.69) is 14.6 Å². The molecule has 1 atom stereocenters. The van der Waals surface area contributed by atoms with Crippen molar-refractivity contribution >= 4 is 22.0 Å². The third-order valence-electron chi connectivity index (χ3n) is 3.70. The lowest BCUT2D eigenvalue weighted by Crippen LogP contribution is -2.40. The summed E-state index contributed by atoms with van der Waals surface area (Å²) in [4.78, 5) is 24.3. The molecule has 25 heavy (non-hydrogen) atoms. The van der Waals surface area contributed by atoms with E-state index in [0.29, 0.717) is 5.56 Å². The Balaban J connectivity index is 1.89. The van der Waals surface area contributed by atoms with Gasteiger partial charge in [-0.05, 0) is 5.56 Å². The highest BCUT2D eigenvalue weighted by molar-refractivity contribution is 7.89. The fourth-order valence-electron chi connectivity index (χ4n) is 2.43. The third kappa shape index (κ3) is 3.69. The smallest absolute Gasteiger partial charge is 0.417 e. The van der Waals surface area contributed by atoms with Crippen LogP contribution in [0.4, 0.5) is 4.79 Å². The standard InChI is InChI=1S/C15H16N4O5S/c1-18-8-12(7-16-18)25(22,23)17-13(11-5-3-2-4-6-11)9-19-14(20)10-24-15(19)21/h2-8,13,17H,9-10H2,1H3. The zero-order valence-corrected chi connectivity index (χ0v) is 14.1. The maximum atomic E-state index is 12.6. The van der Waals surface area contributed by atoms with E-state index < -0.39 is 28.1 Å². The molecule has 1 fully saturated rings. The molecule has 1 aliphatic heterocycles. The second kappa shape index (κ2) is 6.65. The van der Waals surface area contributed by atoms with Gasteiger partial charge in [-0.1, -0.05) is 30.3 Å². The first-order valence-corrected chi connectivity index (χ1v) is 8.88. The molecule has 3 rings (SSSR count). The van der Waals surface area contributed by atoms with Crippen molar-refractivity contribution in [3.05, 3.63) is 48.3 Å². The molecule has 0 saturated carbocycles. The number of rotatable bonds is 6. The van der Waals surface area contributed by atoms with Gasteiger partial charge in [0, 0.05) is 13.2 Å². The maximum absolute atomic E-state index is 12.6. The Morgan fingerprint density at radius 3 is 2.56 bits per heavy atom. The average Bonchev–Trinajstić information content (AvgIpc) is 3.16. The van der Waals surface area contributed by atoms with Crippen LogP contribution in [0.2, 0.25) is 0 Å². The van der Waals surface area contributed by atoms with Crippen LogP contribution in [0.25, 0.3) is 0 Å². The van der Waals surface area contributed by atoms with Crippen molar-refractivity contribution in [1.82, 2.24) is 19.4 Å². The summed E-state index contributed by atoms with van der Waals surface area (Å²) in [5, 5.41) is 3.85. The first kappa shape index (κ1) is 17.1. The second-order valence-corrected chi connectivity index (χ2v) is 7.21. The van der Waals surface area contributed by atoms with E-state index in [1.165, 1.54) is 17.1 Å². The number of carbonyl (C=O) groups excluding carboxylic acids is 2. The predicted octanol–water partition coefficient (Wildman–Crippen LogP) is 0.418. The summed E-state index contributed by atoms with van der Waals surface area (Å²) in [7, 11) is -2.28. The van der Waals surface area contributed by atoms with Crippen molar-refractivity contribution in [2.75, 3.05) is 13.2 Å². The SMILES string of the molecule is Cn1cc(S(=O)(=O)NC(CN2C(=O)COC2=O)c2ccccc2)cn1. The Morgan fingerprint density at radius 1 is 1.28 bits per heavy atom. The fourth-order valence-corrected chi connectivity index (χ4v) is 3.63. The van der Waals surface area contributed by atoms with Crippen LogP contribution in [0.3, 0.4) is 0 Å². The van der Waals surface area contributed by atoms with E-state index in [0.717, 1.165) is 4.90 Å². The number of amides is 2. The summed E-state index contributed by atoms with van der Waals surface area (Å²) in [5.41, 5.74) is 0.613.